The van der Waals surface area contributed by atoms with Gasteiger partial charge < -0.3 is 19.9 Å². The lowest BCUT2D eigenvalue weighted by Gasteiger charge is -2.16. The van der Waals surface area contributed by atoms with Crippen molar-refractivity contribution in [2.45, 2.75) is 18.4 Å². The number of aromatic nitrogens is 4. The van der Waals surface area contributed by atoms with Crippen LogP contribution in [0.15, 0.2) is 17.4 Å². The zero-order valence-electron chi connectivity index (χ0n) is 8.65. The van der Waals surface area contributed by atoms with E-state index in [4.69, 9.17) is 4.74 Å². The molecular weight excluding hydrogens is 228 g/mol. The molecular formula is C9H10N4O4. The van der Waals surface area contributed by atoms with E-state index < -0.39 is 24.0 Å². The first-order chi connectivity index (χ1) is 8.18. The van der Waals surface area contributed by atoms with Gasteiger partial charge in [0.25, 0.3) is 5.56 Å². The molecule has 8 nitrogen and oxygen atoms in total. The van der Waals surface area contributed by atoms with Crippen molar-refractivity contribution in [3.05, 3.63) is 23.0 Å². The number of nitrogens with one attached hydrogen (secondary N) is 1. The van der Waals surface area contributed by atoms with Crippen molar-refractivity contribution in [1.29, 1.82) is 0 Å². The van der Waals surface area contributed by atoms with E-state index in [2.05, 4.69) is 15.0 Å². The van der Waals surface area contributed by atoms with Crippen LogP contribution in [0.2, 0.25) is 0 Å². The Bertz CT molecular complexity index is 606. The van der Waals surface area contributed by atoms with Crippen LogP contribution in [0.3, 0.4) is 0 Å². The number of H-pyrrole nitrogens is 1. The van der Waals surface area contributed by atoms with Crippen LogP contribution >= 0.6 is 0 Å². The highest BCUT2D eigenvalue weighted by Crippen LogP contribution is 2.22. The average molecular weight is 238 g/mol. The molecule has 3 rings (SSSR count). The van der Waals surface area contributed by atoms with Crippen molar-refractivity contribution in [3.8, 4) is 0 Å². The maximum atomic E-state index is 12.0. The molecule has 1 fully saturated rings. The minimum atomic E-state index is -1.14. The van der Waals surface area contributed by atoms with Gasteiger partial charge in [0.05, 0.1) is 12.9 Å². The molecule has 0 aliphatic carbocycles. The molecule has 0 bridgehead atoms. The summed E-state index contributed by atoms with van der Waals surface area (Å²) in [6.07, 6.45) is -0.446. The molecule has 3 atom stereocenters. The topological polar surface area (TPSA) is 113 Å². The van der Waals surface area contributed by atoms with Gasteiger partial charge in [0, 0.05) is 0 Å². The molecule has 1 unspecified atom stereocenters. The molecule has 0 spiro atoms. The van der Waals surface area contributed by atoms with Gasteiger partial charge >= 0.3 is 0 Å². The Morgan fingerprint density at radius 2 is 2.29 bits per heavy atom. The first-order valence-electron chi connectivity index (χ1n) is 5.06. The Morgan fingerprint density at radius 3 is 3.00 bits per heavy atom. The Hall–Kier alpha value is -1.77. The standard InChI is InChI=1S/C9H10N4O4/c14-4-1-17-9(6(4)15)13-3-12-7-5(8(13)16)10-2-11-7/h2-4,6,9,14-15H,1H2,(H,10,11)/t4-,6-,9?/m1/s1. The lowest BCUT2D eigenvalue weighted by Crippen LogP contribution is -2.34. The van der Waals surface area contributed by atoms with Gasteiger partial charge in [-0.3, -0.25) is 9.36 Å². The Kier molecular flexibility index (Phi) is 2.21. The highest BCUT2D eigenvalue weighted by atomic mass is 16.5. The minimum Gasteiger partial charge on any atom is -0.388 e. The van der Waals surface area contributed by atoms with Gasteiger partial charge in [-0.2, -0.15) is 0 Å². The van der Waals surface area contributed by atoms with Crippen LogP contribution in [0.5, 0.6) is 0 Å². The molecule has 2 aromatic rings. The molecule has 1 aliphatic heterocycles. The van der Waals surface area contributed by atoms with Gasteiger partial charge in [-0.1, -0.05) is 0 Å². The normalized spacial score (nSPS) is 28.9. The third kappa shape index (κ3) is 1.46. The van der Waals surface area contributed by atoms with E-state index in [-0.39, 0.29) is 12.1 Å². The summed E-state index contributed by atoms with van der Waals surface area (Å²) in [5.74, 6) is 0. The van der Waals surface area contributed by atoms with Gasteiger partial charge in [-0.15, -0.1) is 0 Å². The fourth-order valence-electron chi connectivity index (χ4n) is 1.85. The highest BCUT2D eigenvalue weighted by Gasteiger charge is 2.36. The number of ether oxygens (including phenoxy) is 1. The maximum Gasteiger partial charge on any atom is 0.281 e. The molecule has 0 amide bonds. The number of aliphatic hydroxyl groups is 2. The van der Waals surface area contributed by atoms with Crippen molar-refractivity contribution >= 4 is 11.2 Å². The molecule has 8 heteroatoms. The first kappa shape index (κ1) is 10.4. The van der Waals surface area contributed by atoms with Crippen LogP contribution in [0, 0.1) is 0 Å². The van der Waals surface area contributed by atoms with E-state index in [0.29, 0.717) is 5.65 Å². The second-order valence-electron chi connectivity index (χ2n) is 3.84. The predicted octanol–water partition coefficient (Wildman–Crippen LogP) is -1.63. The van der Waals surface area contributed by atoms with E-state index in [1.54, 1.807) is 0 Å². The summed E-state index contributed by atoms with van der Waals surface area (Å²) in [5.41, 5.74) is 0.148. The fraction of sp³-hybridized carbons (Fsp3) is 0.444. The van der Waals surface area contributed by atoms with Crippen LogP contribution < -0.4 is 5.56 Å². The number of hydrogen-bond acceptors (Lipinski definition) is 6. The van der Waals surface area contributed by atoms with Gasteiger partial charge in [0.15, 0.2) is 17.4 Å². The summed E-state index contributed by atoms with van der Waals surface area (Å²) in [5, 5.41) is 19.0. The summed E-state index contributed by atoms with van der Waals surface area (Å²) < 4.78 is 6.30. The zero-order chi connectivity index (χ0) is 12.0. The van der Waals surface area contributed by atoms with E-state index in [1.165, 1.54) is 12.7 Å². The van der Waals surface area contributed by atoms with Gasteiger partial charge in [-0.25, -0.2) is 9.97 Å². The Labute approximate surface area is 94.5 Å². The lowest BCUT2D eigenvalue weighted by atomic mass is 10.2. The number of hydrogen-bond donors (Lipinski definition) is 3. The summed E-state index contributed by atoms with van der Waals surface area (Å²) >= 11 is 0. The first-order valence-corrected chi connectivity index (χ1v) is 5.06. The van der Waals surface area contributed by atoms with E-state index in [1.807, 2.05) is 0 Å². The van der Waals surface area contributed by atoms with Crippen LogP contribution in [0.4, 0.5) is 0 Å². The second-order valence-corrected chi connectivity index (χ2v) is 3.84. The summed E-state index contributed by atoms with van der Waals surface area (Å²) in [4.78, 5) is 22.5. The van der Waals surface area contributed by atoms with Crippen molar-refractivity contribution in [1.82, 2.24) is 19.5 Å². The lowest BCUT2D eigenvalue weighted by molar-refractivity contribution is -0.0207. The third-order valence-electron chi connectivity index (χ3n) is 2.77. The summed E-state index contributed by atoms with van der Waals surface area (Å²) in [6, 6.07) is 0. The van der Waals surface area contributed by atoms with Crippen molar-refractivity contribution in [2.75, 3.05) is 6.61 Å². The third-order valence-corrected chi connectivity index (χ3v) is 2.77. The molecule has 17 heavy (non-hydrogen) atoms. The molecule has 0 aromatic carbocycles. The van der Waals surface area contributed by atoms with Gasteiger partial charge in [-0.05, 0) is 0 Å². The number of nitrogens with zero attached hydrogens (tertiary/aromatic N) is 3. The van der Waals surface area contributed by atoms with E-state index in [9.17, 15) is 15.0 Å². The van der Waals surface area contributed by atoms with E-state index >= 15 is 0 Å². The van der Waals surface area contributed by atoms with Crippen molar-refractivity contribution in [3.63, 3.8) is 0 Å². The van der Waals surface area contributed by atoms with Gasteiger partial charge in [0.2, 0.25) is 0 Å². The fourth-order valence-corrected chi connectivity index (χ4v) is 1.85. The van der Waals surface area contributed by atoms with E-state index in [0.717, 1.165) is 4.57 Å². The summed E-state index contributed by atoms with van der Waals surface area (Å²) in [6.45, 7) is -0.0146. The summed E-state index contributed by atoms with van der Waals surface area (Å²) in [7, 11) is 0. The molecule has 0 radical (unpaired) electrons. The minimum absolute atomic E-state index is 0.0146. The van der Waals surface area contributed by atoms with Crippen LogP contribution in [-0.2, 0) is 4.74 Å². The smallest absolute Gasteiger partial charge is 0.281 e. The van der Waals surface area contributed by atoms with Crippen LogP contribution in [0.25, 0.3) is 11.2 Å². The number of aromatic amines is 1. The Balaban J connectivity index is 2.12. The molecule has 2 aromatic heterocycles. The molecule has 90 valence electrons. The van der Waals surface area contributed by atoms with Crippen molar-refractivity contribution in [2.24, 2.45) is 0 Å². The number of aliphatic hydroxyl groups excluding tert-OH is 2. The SMILES string of the molecule is O=c1c2[nH]cnc2ncn1C1OC[C@@H](O)[C@H]1O. The highest BCUT2D eigenvalue weighted by molar-refractivity contribution is 5.67. The largest absolute Gasteiger partial charge is 0.388 e. The maximum absolute atomic E-state index is 12.0. The van der Waals surface area contributed by atoms with Crippen LogP contribution in [-0.4, -0.2) is 48.5 Å². The zero-order valence-corrected chi connectivity index (χ0v) is 8.65. The average Bonchev–Trinajstić information content (AvgIpc) is 2.90. The second kappa shape index (κ2) is 3.62. The number of fused-ring (bicyclic) bond motifs is 1. The quantitative estimate of drug-likeness (QED) is 0.549. The van der Waals surface area contributed by atoms with Gasteiger partial charge in [0.1, 0.15) is 18.5 Å². The van der Waals surface area contributed by atoms with Crippen LogP contribution in [0.1, 0.15) is 6.23 Å². The molecule has 3 heterocycles. The number of rotatable bonds is 1. The predicted molar refractivity (Wildman–Crippen MR) is 55.2 cm³/mol. The van der Waals surface area contributed by atoms with Crippen molar-refractivity contribution < 1.29 is 14.9 Å². The Morgan fingerprint density at radius 1 is 1.47 bits per heavy atom. The molecule has 1 aliphatic rings. The monoisotopic (exact) mass is 238 g/mol. The molecule has 1 saturated heterocycles. The molecule has 0 saturated carbocycles. The number of imidazole rings is 1. The molecule has 3 N–H and O–H groups in total.